The van der Waals surface area contributed by atoms with Crippen LogP contribution in [0.15, 0.2) is 23.1 Å². The van der Waals surface area contributed by atoms with Crippen LogP contribution >= 0.6 is 11.6 Å². The first-order chi connectivity index (χ1) is 7.01. The van der Waals surface area contributed by atoms with Gasteiger partial charge in [0, 0.05) is 5.88 Å². The highest BCUT2D eigenvalue weighted by Gasteiger charge is 2.17. The molecule has 5 heteroatoms. The second-order valence-electron chi connectivity index (χ2n) is 3.12. The minimum absolute atomic E-state index is 0.0288. The highest BCUT2D eigenvalue weighted by atomic mass is 35.5. The fraction of sp³-hybridized carbons (Fsp3) is 0.300. The Hall–Kier alpha value is -1.05. The predicted molar refractivity (Wildman–Crippen MR) is 58.7 cm³/mol. The van der Waals surface area contributed by atoms with Crippen molar-refractivity contribution >= 4 is 21.4 Å². The van der Waals surface area contributed by atoms with Crippen LogP contribution in [0.1, 0.15) is 11.1 Å². The Kier molecular flexibility index (Phi) is 3.72. The number of rotatable bonds is 3. The van der Waals surface area contributed by atoms with Gasteiger partial charge in [-0.15, -0.1) is 11.6 Å². The molecule has 0 aliphatic carbocycles. The lowest BCUT2D eigenvalue weighted by Crippen LogP contribution is -2.09. The van der Waals surface area contributed by atoms with Gasteiger partial charge >= 0.3 is 0 Å². The van der Waals surface area contributed by atoms with Crippen molar-refractivity contribution in [1.29, 1.82) is 5.26 Å². The van der Waals surface area contributed by atoms with E-state index >= 15 is 0 Å². The summed E-state index contributed by atoms with van der Waals surface area (Å²) in [6.45, 7) is 1.80. The van der Waals surface area contributed by atoms with Gasteiger partial charge in [0.25, 0.3) is 0 Å². The molecule has 0 fully saturated rings. The largest absolute Gasteiger partial charge is 0.224 e. The molecule has 0 amide bonds. The van der Waals surface area contributed by atoms with Crippen LogP contribution in [-0.2, 0) is 9.84 Å². The van der Waals surface area contributed by atoms with Gasteiger partial charge in [0.15, 0.2) is 9.84 Å². The summed E-state index contributed by atoms with van der Waals surface area (Å²) in [5.74, 6) is -0.118. The average Bonchev–Trinajstić information content (AvgIpc) is 2.17. The molecule has 0 saturated carbocycles. The zero-order valence-electron chi connectivity index (χ0n) is 8.20. The fourth-order valence-electron chi connectivity index (χ4n) is 1.21. The summed E-state index contributed by atoms with van der Waals surface area (Å²) in [4.78, 5) is 0.0660. The summed E-state index contributed by atoms with van der Waals surface area (Å²) >= 11 is 5.40. The SMILES string of the molecule is Cc1ccc(S(=O)(=O)CCCl)c(C#N)c1. The number of halogens is 1. The Morgan fingerprint density at radius 3 is 2.67 bits per heavy atom. The van der Waals surface area contributed by atoms with Gasteiger partial charge in [0.2, 0.25) is 0 Å². The minimum Gasteiger partial charge on any atom is -0.224 e. The molecule has 0 aromatic heterocycles. The molecule has 0 spiro atoms. The molecule has 0 aliphatic rings. The van der Waals surface area contributed by atoms with Crippen molar-refractivity contribution in [3.05, 3.63) is 29.3 Å². The molecule has 0 unspecified atom stereocenters. The second-order valence-corrected chi connectivity index (χ2v) is 5.57. The number of benzene rings is 1. The van der Waals surface area contributed by atoms with Crippen molar-refractivity contribution in [2.45, 2.75) is 11.8 Å². The standard InChI is InChI=1S/C10H10ClNO2S/c1-8-2-3-10(9(6-8)7-12)15(13,14)5-4-11/h2-3,6H,4-5H2,1H3. The average molecular weight is 244 g/mol. The minimum atomic E-state index is -3.42. The van der Waals surface area contributed by atoms with E-state index in [9.17, 15) is 8.42 Å². The molecule has 3 nitrogen and oxygen atoms in total. The Morgan fingerprint density at radius 1 is 1.47 bits per heavy atom. The maximum absolute atomic E-state index is 11.7. The van der Waals surface area contributed by atoms with E-state index in [0.29, 0.717) is 0 Å². The molecular formula is C10H10ClNO2S. The third kappa shape index (κ3) is 2.71. The summed E-state index contributed by atoms with van der Waals surface area (Å²) in [6, 6.07) is 6.56. The van der Waals surface area contributed by atoms with Crippen molar-refractivity contribution < 1.29 is 8.42 Å². The molecule has 0 heterocycles. The molecule has 0 bridgehead atoms. The quantitative estimate of drug-likeness (QED) is 0.762. The van der Waals surface area contributed by atoms with E-state index in [1.54, 1.807) is 19.1 Å². The molecular weight excluding hydrogens is 234 g/mol. The molecule has 0 N–H and O–H groups in total. The number of nitriles is 1. The van der Waals surface area contributed by atoms with Crippen LogP contribution in [0.25, 0.3) is 0 Å². The molecule has 80 valence electrons. The van der Waals surface area contributed by atoms with Crippen LogP contribution in [0.2, 0.25) is 0 Å². The Balaban J connectivity index is 3.33. The Labute approximate surface area is 94.2 Å². The van der Waals surface area contributed by atoms with Crippen LogP contribution in [0, 0.1) is 18.3 Å². The predicted octanol–water partition coefficient (Wildman–Crippen LogP) is 1.88. The Morgan fingerprint density at radius 2 is 2.13 bits per heavy atom. The van der Waals surface area contributed by atoms with Crippen LogP contribution in [0.3, 0.4) is 0 Å². The lowest BCUT2D eigenvalue weighted by molar-refractivity contribution is 0.597. The van der Waals surface area contributed by atoms with Gasteiger partial charge < -0.3 is 0 Å². The first kappa shape index (κ1) is 12.0. The third-order valence-corrected chi connectivity index (χ3v) is 4.12. The van der Waals surface area contributed by atoms with Crippen LogP contribution in [0.5, 0.6) is 0 Å². The van der Waals surface area contributed by atoms with E-state index in [4.69, 9.17) is 16.9 Å². The monoisotopic (exact) mass is 243 g/mol. The molecule has 0 radical (unpaired) electrons. The third-order valence-electron chi connectivity index (χ3n) is 1.94. The van der Waals surface area contributed by atoms with E-state index in [2.05, 4.69) is 0 Å². The summed E-state index contributed by atoms with van der Waals surface area (Å²) in [6.07, 6.45) is 0. The summed E-state index contributed by atoms with van der Waals surface area (Å²) in [7, 11) is -3.42. The number of sulfone groups is 1. The van der Waals surface area contributed by atoms with Gasteiger partial charge in [0.05, 0.1) is 16.2 Å². The highest BCUT2D eigenvalue weighted by Crippen LogP contribution is 2.18. The molecule has 15 heavy (non-hydrogen) atoms. The number of hydrogen-bond donors (Lipinski definition) is 0. The van der Waals surface area contributed by atoms with Crippen molar-refractivity contribution in [2.75, 3.05) is 11.6 Å². The van der Waals surface area contributed by atoms with Crippen LogP contribution in [-0.4, -0.2) is 20.1 Å². The lowest BCUT2D eigenvalue weighted by Gasteiger charge is -2.04. The first-order valence-electron chi connectivity index (χ1n) is 4.31. The van der Waals surface area contributed by atoms with Crippen molar-refractivity contribution in [2.24, 2.45) is 0 Å². The van der Waals surface area contributed by atoms with E-state index in [1.807, 2.05) is 6.07 Å². The van der Waals surface area contributed by atoms with E-state index in [1.165, 1.54) is 6.07 Å². The number of aryl methyl sites for hydroxylation is 1. The maximum Gasteiger partial charge on any atom is 0.180 e. The number of hydrogen-bond acceptors (Lipinski definition) is 3. The van der Waals surface area contributed by atoms with Gasteiger partial charge in [-0.3, -0.25) is 0 Å². The van der Waals surface area contributed by atoms with Gasteiger partial charge in [-0.05, 0) is 24.6 Å². The zero-order chi connectivity index (χ0) is 11.5. The summed E-state index contributed by atoms with van der Waals surface area (Å²) < 4.78 is 23.4. The van der Waals surface area contributed by atoms with Gasteiger partial charge in [0.1, 0.15) is 6.07 Å². The first-order valence-corrected chi connectivity index (χ1v) is 6.49. The summed E-state index contributed by atoms with van der Waals surface area (Å²) in [5, 5.41) is 8.83. The summed E-state index contributed by atoms with van der Waals surface area (Å²) in [5.41, 5.74) is 1.04. The Bertz CT molecular complexity index is 503. The maximum atomic E-state index is 11.7. The topological polar surface area (TPSA) is 57.9 Å². The normalized spacial score (nSPS) is 11.0. The van der Waals surface area contributed by atoms with Crippen molar-refractivity contribution in [1.82, 2.24) is 0 Å². The molecule has 0 saturated heterocycles. The van der Waals surface area contributed by atoms with Crippen LogP contribution < -0.4 is 0 Å². The number of nitrogens with zero attached hydrogens (tertiary/aromatic N) is 1. The molecule has 0 atom stereocenters. The molecule has 0 aliphatic heterocycles. The van der Waals surface area contributed by atoms with Gasteiger partial charge in [-0.25, -0.2) is 8.42 Å². The lowest BCUT2D eigenvalue weighted by atomic mass is 10.2. The van der Waals surface area contributed by atoms with Crippen molar-refractivity contribution in [3.63, 3.8) is 0 Å². The second kappa shape index (κ2) is 4.65. The highest BCUT2D eigenvalue weighted by molar-refractivity contribution is 7.91. The van der Waals surface area contributed by atoms with E-state index < -0.39 is 9.84 Å². The number of alkyl halides is 1. The molecule has 1 aromatic carbocycles. The smallest absolute Gasteiger partial charge is 0.180 e. The molecule has 1 rings (SSSR count). The van der Waals surface area contributed by atoms with Crippen molar-refractivity contribution in [3.8, 4) is 6.07 Å². The zero-order valence-corrected chi connectivity index (χ0v) is 9.77. The van der Waals surface area contributed by atoms with E-state index in [-0.39, 0.29) is 22.1 Å². The van der Waals surface area contributed by atoms with Crippen LogP contribution in [0.4, 0.5) is 0 Å². The molecule has 1 aromatic rings. The van der Waals surface area contributed by atoms with Gasteiger partial charge in [-0.1, -0.05) is 6.07 Å². The van der Waals surface area contributed by atoms with E-state index in [0.717, 1.165) is 5.56 Å². The fourth-order valence-corrected chi connectivity index (χ4v) is 2.96. The van der Waals surface area contributed by atoms with Gasteiger partial charge in [-0.2, -0.15) is 5.26 Å².